The van der Waals surface area contributed by atoms with Crippen molar-refractivity contribution in [2.75, 3.05) is 45.9 Å². The Bertz CT molecular complexity index is 788. The average molecular weight is 446 g/mol. The Morgan fingerprint density at radius 2 is 1.94 bits per heavy atom. The van der Waals surface area contributed by atoms with Crippen LogP contribution in [-0.2, 0) is 11.3 Å². The Labute approximate surface area is 190 Å². The van der Waals surface area contributed by atoms with Crippen LogP contribution in [0.1, 0.15) is 53.7 Å². The molecule has 1 aromatic carbocycles. The number of aryl methyl sites for hydroxylation is 1. The summed E-state index contributed by atoms with van der Waals surface area (Å²) in [6.07, 6.45) is 4.64. The third kappa shape index (κ3) is 7.91. The van der Waals surface area contributed by atoms with Crippen molar-refractivity contribution in [3.05, 3.63) is 45.9 Å². The summed E-state index contributed by atoms with van der Waals surface area (Å²) < 4.78 is 11.3. The molecular weight excluding hydrogens is 410 g/mol. The molecule has 1 amide bonds. The number of rotatable bonds is 12. The van der Waals surface area contributed by atoms with Gasteiger partial charge >= 0.3 is 0 Å². The summed E-state index contributed by atoms with van der Waals surface area (Å²) in [7, 11) is 0. The van der Waals surface area contributed by atoms with Crippen molar-refractivity contribution in [2.45, 2.75) is 46.1 Å². The summed E-state index contributed by atoms with van der Waals surface area (Å²) in [4.78, 5) is 22.0. The predicted octanol–water partition coefficient (Wildman–Crippen LogP) is 4.39. The van der Waals surface area contributed by atoms with Crippen molar-refractivity contribution < 1.29 is 14.3 Å². The molecule has 2 aromatic rings. The molecule has 0 atom stereocenters. The number of thiazole rings is 1. The second-order valence-electron chi connectivity index (χ2n) is 7.98. The van der Waals surface area contributed by atoms with Gasteiger partial charge in [-0.1, -0.05) is 26.2 Å². The molecule has 0 unspecified atom stereocenters. The summed E-state index contributed by atoms with van der Waals surface area (Å²) >= 11 is 1.62. The van der Waals surface area contributed by atoms with Gasteiger partial charge in [0.25, 0.3) is 5.91 Å². The Morgan fingerprint density at radius 3 is 2.61 bits per heavy atom. The largest absolute Gasteiger partial charge is 0.487 e. The van der Waals surface area contributed by atoms with Crippen LogP contribution in [-0.4, -0.2) is 66.6 Å². The van der Waals surface area contributed by atoms with Gasteiger partial charge in [0.05, 0.1) is 23.9 Å². The van der Waals surface area contributed by atoms with Crippen molar-refractivity contribution in [3.8, 4) is 5.75 Å². The first-order valence-corrected chi connectivity index (χ1v) is 12.3. The van der Waals surface area contributed by atoms with Crippen LogP contribution in [0.3, 0.4) is 0 Å². The minimum Gasteiger partial charge on any atom is -0.487 e. The summed E-state index contributed by atoms with van der Waals surface area (Å²) in [6, 6.07) is 7.50. The quantitative estimate of drug-likeness (QED) is 0.454. The molecule has 1 aromatic heterocycles. The summed E-state index contributed by atoms with van der Waals surface area (Å²) in [5.74, 6) is 0.858. The number of aromatic nitrogens is 1. The van der Waals surface area contributed by atoms with Crippen LogP contribution in [0.2, 0.25) is 0 Å². The number of unbranched alkanes of at least 4 members (excludes halogenated alkanes) is 3. The lowest BCUT2D eigenvalue weighted by Gasteiger charge is -2.30. The van der Waals surface area contributed by atoms with E-state index in [1.807, 2.05) is 41.5 Å². The van der Waals surface area contributed by atoms with Gasteiger partial charge in [0, 0.05) is 43.7 Å². The molecule has 0 spiro atoms. The minimum atomic E-state index is 0.103. The number of nitrogens with zero attached hydrogens (tertiary/aromatic N) is 3. The van der Waals surface area contributed by atoms with Gasteiger partial charge in [-0.3, -0.25) is 9.69 Å². The van der Waals surface area contributed by atoms with Gasteiger partial charge in [0.1, 0.15) is 12.4 Å². The SMILES string of the molecule is CCCCCCN(CCN1CCOCC1)C(=O)c1ccc(OCc2csc(C)n2)cc1. The maximum Gasteiger partial charge on any atom is 0.253 e. The fourth-order valence-electron chi connectivity index (χ4n) is 3.64. The van der Waals surface area contributed by atoms with E-state index in [0.717, 1.165) is 68.8 Å². The van der Waals surface area contributed by atoms with Crippen molar-refractivity contribution in [3.63, 3.8) is 0 Å². The fraction of sp³-hybridized carbons (Fsp3) is 0.583. The van der Waals surface area contributed by atoms with Crippen molar-refractivity contribution >= 4 is 17.2 Å². The van der Waals surface area contributed by atoms with Gasteiger partial charge in [-0.05, 0) is 37.6 Å². The highest BCUT2D eigenvalue weighted by molar-refractivity contribution is 7.09. The van der Waals surface area contributed by atoms with E-state index < -0.39 is 0 Å². The lowest BCUT2D eigenvalue weighted by molar-refractivity contribution is 0.0324. The van der Waals surface area contributed by atoms with Crippen LogP contribution >= 0.6 is 11.3 Å². The Balaban J connectivity index is 1.55. The van der Waals surface area contributed by atoms with Crippen molar-refractivity contribution in [2.24, 2.45) is 0 Å². The second-order valence-corrected chi connectivity index (χ2v) is 9.04. The highest BCUT2D eigenvalue weighted by Gasteiger charge is 2.18. The Kier molecular flexibility index (Phi) is 9.78. The monoisotopic (exact) mass is 445 g/mol. The van der Waals surface area contributed by atoms with Crippen LogP contribution in [0.5, 0.6) is 5.75 Å². The average Bonchev–Trinajstić information content (AvgIpc) is 3.23. The maximum atomic E-state index is 13.2. The van der Waals surface area contributed by atoms with Gasteiger partial charge in [-0.2, -0.15) is 0 Å². The van der Waals surface area contributed by atoms with E-state index in [4.69, 9.17) is 9.47 Å². The van der Waals surface area contributed by atoms with Gasteiger partial charge < -0.3 is 14.4 Å². The normalized spacial score (nSPS) is 14.5. The molecule has 1 saturated heterocycles. The van der Waals surface area contributed by atoms with E-state index in [1.165, 1.54) is 19.3 Å². The number of hydrogen-bond acceptors (Lipinski definition) is 6. The van der Waals surface area contributed by atoms with E-state index in [1.54, 1.807) is 11.3 Å². The zero-order chi connectivity index (χ0) is 21.9. The predicted molar refractivity (Wildman–Crippen MR) is 125 cm³/mol. The Morgan fingerprint density at radius 1 is 1.16 bits per heavy atom. The molecule has 0 N–H and O–H groups in total. The van der Waals surface area contributed by atoms with E-state index in [9.17, 15) is 4.79 Å². The molecule has 1 aliphatic heterocycles. The topological polar surface area (TPSA) is 54.9 Å². The number of carbonyl (C=O) groups is 1. The highest BCUT2D eigenvalue weighted by Crippen LogP contribution is 2.17. The first-order chi connectivity index (χ1) is 15.2. The van der Waals surface area contributed by atoms with E-state index in [2.05, 4.69) is 16.8 Å². The van der Waals surface area contributed by atoms with Gasteiger partial charge in [0.2, 0.25) is 0 Å². The molecule has 170 valence electrons. The number of carbonyl (C=O) groups excluding carboxylic acids is 1. The van der Waals surface area contributed by atoms with E-state index in [-0.39, 0.29) is 5.91 Å². The molecule has 0 saturated carbocycles. The Hall–Kier alpha value is -1.96. The standard InChI is InChI=1S/C24H35N3O3S/c1-3-4-5-6-11-27(13-12-26-14-16-29-17-15-26)24(28)21-7-9-23(10-8-21)30-18-22-19-31-20(2)25-22/h7-10,19H,3-6,11-18H2,1-2H3. The molecule has 1 fully saturated rings. The van der Waals surface area contributed by atoms with E-state index >= 15 is 0 Å². The molecule has 6 nitrogen and oxygen atoms in total. The smallest absolute Gasteiger partial charge is 0.253 e. The first kappa shape index (κ1) is 23.7. The molecule has 1 aliphatic rings. The third-order valence-electron chi connectivity index (χ3n) is 5.51. The lowest BCUT2D eigenvalue weighted by atomic mass is 10.1. The van der Waals surface area contributed by atoms with Gasteiger partial charge in [0.15, 0.2) is 0 Å². The second kappa shape index (κ2) is 12.8. The zero-order valence-corrected chi connectivity index (χ0v) is 19.7. The number of benzene rings is 1. The highest BCUT2D eigenvalue weighted by atomic mass is 32.1. The van der Waals surface area contributed by atoms with Crippen LogP contribution < -0.4 is 4.74 Å². The lowest BCUT2D eigenvalue weighted by Crippen LogP contribution is -2.43. The maximum absolute atomic E-state index is 13.2. The van der Waals surface area contributed by atoms with Crippen LogP contribution in [0, 0.1) is 6.92 Å². The number of amides is 1. The number of ether oxygens (including phenoxy) is 2. The van der Waals surface area contributed by atoms with Crippen molar-refractivity contribution in [1.29, 1.82) is 0 Å². The zero-order valence-electron chi connectivity index (χ0n) is 18.8. The molecule has 2 heterocycles. The van der Waals surface area contributed by atoms with Crippen LogP contribution in [0.25, 0.3) is 0 Å². The van der Waals surface area contributed by atoms with Gasteiger partial charge in [-0.25, -0.2) is 4.98 Å². The van der Waals surface area contributed by atoms with Crippen LogP contribution in [0.4, 0.5) is 0 Å². The van der Waals surface area contributed by atoms with Crippen LogP contribution in [0.15, 0.2) is 29.6 Å². The molecule has 3 rings (SSSR count). The summed E-state index contributed by atoms with van der Waals surface area (Å²) in [6.45, 7) is 10.6. The third-order valence-corrected chi connectivity index (χ3v) is 6.34. The summed E-state index contributed by atoms with van der Waals surface area (Å²) in [5, 5.41) is 3.05. The summed E-state index contributed by atoms with van der Waals surface area (Å²) in [5.41, 5.74) is 1.65. The number of hydrogen-bond donors (Lipinski definition) is 0. The number of morpholine rings is 1. The molecule has 0 bridgehead atoms. The molecule has 0 aliphatic carbocycles. The minimum absolute atomic E-state index is 0.103. The van der Waals surface area contributed by atoms with Gasteiger partial charge in [-0.15, -0.1) is 11.3 Å². The molecule has 7 heteroatoms. The fourth-order valence-corrected chi connectivity index (χ4v) is 4.24. The molecular formula is C24H35N3O3S. The first-order valence-electron chi connectivity index (χ1n) is 11.4. The van der Waals surface area contributed by atoms with Crippen molar-refractivity contribution in [1.82, 2.24) is 14.8 Å². The molecule has 0 radical (unpaired) electrons. The van der Waals surface area contributed by atoms with E-state index in [0.29, 0.717) is 12.2 Å². The molecule has 31 heavy (non-hydrogen) atoms.